The molecule has 1 aromatic heterocycles. The third-order valence-electron chi connectivity index (χ3n) is 4.33. The SMILES string of the molecule is CC(C)N(NC(=O)c1ccccc1)C(=O)CCc1c[nH]c2ccccc12. The van der Waals surface area contributed by atoms with Crippen molar-refractivity contribution in [3.8, 4) is 0 Å². The number of hydrogen-bond donors (Lipinski definition) is 2. The minimum absolute atomic E-state index is 0.102. The van der Waals surface area contributed by atoms with E-state index in [1.54, 1.807) is 24.3 Å². The lowest BCUT2D eigenvalue weighted by Gasteiger charge is -2.27. The first kappa shape index (κ1) is 17.7. The summed E-state index contributed by atoms with van der Waals surface area (Å²) in [5, 5.41) is 2.55. The fourth-order valence-electron chi connectivity index (χ4n) is 2.94. The lowest BCUT2D eigenvalue weighted by Crippen LogP contribution is -2.50. The van der Waals surface area contributed by atoms with Crippen LogP contribution in [0, 0.1) is 0 Å². The Morgan fingerprint density at radius 3 is 2.46 bits per heavy atom. The van der Waals surface area contributed by atoms with Crippen LogP contribution in [0.1, 0.15) is 36.2 Å². The highest BCUT2D eigenvalue weighted by atomic mass is 16.2. The van der Waals surface area contributed by atoms with Gasteiger partial charge in [0.25, 0.3) is 5.91 Å². The van der Waals surface area contributed by atoms with Gasteiger partial charge in [0.05, 0.1) is 0 Å². The van der Waals surface area contributed by atoms with E-state index in [9.17, 15) is 9.59 Å². The molecule has 5 heteroatoms. The summed E-state index contributed by atoms with van der Waals surface area (Å²) in [5.74, 6) is -0.380. The van der Waals surface area contributed by atoms with Crippen LogP contribution in [0.5, 0.6) is 0 Å². The van der Waals surface area contributed by atoms with Gasteiger partial charge in [-0.1, -0.05) is 36.4 Å². The third-order valence-corrected chi connectivity index (χ3v) is 4.33. The van der Waals surface area contributed by atoms with Crippen LogP contribution in [0.3, 0.4) is 0 Å². The predicted molar refractivity (Wildman–Crippen MR) is 103 cm³/mol. The van der Waals surface area contributed by atoms with E-state index < -0.39 is 0 Å². The number of nitrogens with zero attached hydrogens (tertiary/aromatic N) is 1. The maximum Gasteiger partial charge on any atom is 0.269 e. The minimum Gasteiger partial charge on any atom is -0.361 e. The summed E-state index contributed by atoms with van der Waals surface area (Å²) in [6.45, 7) is 3.77. The molecule has 0 bridgehead atoms. The molecule has 3 rings (SSSR count). The smallest absolute Gasteiger partial charge is 0.269 e. The molecule has 0 aliphatic carbocycles. The monoisotopic (exact) mass is 349 g/mol. The maximum absolute atomic E-state index is 12.7. The van der Waals surface area contributed by atoms with Crippen LogP contribution >= 0.6 is 0 Å². The van der Waals surface area contributed by atoms with Crippen LogP contribution in [0.25, 0.3) is 10.9 Å². The Morgan fingerprint density at radius 1 is 1.04 bits per heavy atom. The maximum atomic E-state index is 12.7. The number of carbonyl (C=O) groups is 2. The van der Waals surface area contributed by atoms with Gasteiger partial charge in [-0.2, -0.15) is 0 Å². The van der Waals surface area contributed by atoms with Crippen molar-refractivity contribution in [2.75, 3.05) is 0 Å². The van der Waals surface area contributed by atoms with Crippen molar-refractivity contribution in [3.63, 3.8) is 0 Å². The van der Waals surface area contributed by atoms with Crippen LogP contribution in [0.15, 0.2) is 60.8 Å². The van der Waals surface area contributed by atoms with Crippen LogP contribution < -0.4 is 5.43 Å². The Labute approximate surface area is 153 Å². The zero-order chi connectivity index (χ0) is 18.5. The second kappa shape index (κ2) is 7.87. The Hall–Kier alpha value is -3.08. The van der Waals surface area contributed by atoms with E-state index in [-0.39, 0.29) is 17.9 Å². The summed E-state index contributed by atoms with van der Waals surface area (Å²) < 4.78 is 0. The van der Waals surface area contributed by atoms with Crippen molar-refractivity contribution in [2.45, 2.75) is 32.7 Å². The van der Waals surface area contributed by atoms with E-state index in [0.717, 1.165) is 16.5 Å². The van der Waals surface area contributed by atoms with Gasteiger partial charge in [0.15, 0.2) is 0 Å². The first-order valence-electron chi connectivity index (χ1n) is 8.79. The Morgan fingerprint density at radius 2 is 1.73 bits per heavy atom. The Balaban J connectivity index is 1.66. The average Bonchev–Trinajstić information content (AvgIpc) is 3.07. The zero-order valence-electron chi connectivity index (χ0n) is 15.0. The van der Waals surface area contributed by atoms with Gasteiger partial charge >= 0.3 is 0 Å². The molecular formula is C21H23N3O2. The van der Waals surface area contributed by atoms with Gasteiger partial charge in [-0.15, -0.1) is 0 Å². The number of H-pyrrole nitrogens is 1. The van der Waals surface area contributed by atoms with E-state index >= 15 is 0 Å². The van der Waals surface area contributed by atoms with Crippen molar-refractivity contribution >= 4 is 22.7 Å². The number of hydrogen-bond acceptors (Lipinski definition) is 2. The first-order valence-corrected chi connectivity index (χ1v) is 8.79. The quantitative estimate of drug-likeness (QED) is 0.690. The predicted octanol–water partition coefficient (Wildman–Crippen LogP) is 3.68. The van der Waals surface area contributed by atoms with E-state index in [4.69, 9.17) is 0 Å². The van der Waals surface area contributed by atoms with E-state index in [1.807, 2.05) is 50.4 Å². The Kier molecular flexibility index (Phi) is 5.37. The minimum atomic E-state index is -0.278. The third kappa shape index (κ3) is 3.94. The largest absolute Gasteiger partial charge is 0.361 e. The second-order valence-corrected chi connectivity index (χ2v) is 6.52. The standard InChI is InChI=1S/C21H23N3O2/c1-15(2)24(23-21(26)16-8-4-3-5-9-16)20(25)13-12-17-14-22-19-11-7-6-10-18(17)19/h3-11,14-15,22H,12-13H2,1-2H3,(H,23,26). The number of hydrazine groups is 1. The number of para-hydroxylation sites is 1. The number of aryl methyl sites for hydroxylation is 1. The Bertz CT molecular complexity index is 900. The molecule has 26 heavy (non-hydrogen) atoms. The molecule has 5 nitrogen and oxygen atoms in total. The fourth-order valence-corrected chi connectivity index (χ4v) is 2.94. The van der Waals surface area contributed by atoms with Crippen molar-refractivity contribution in [2.24, 2.45) is 0 Å². The topological polar surface area (TPSA) is 65.2 Å². The van der Waals surface area contributed by atoms with Crippen molar-refractivity contribution in [1.29, 1.82) is 0 Å². The van der Waals surface area contributed by atoms with Crippen LogP contribution in [0.4, 0.5) is 0 Å². The summed E-state index contributed by atoms with van der Waals surface area (Å²) in [4.78, 5) is 28.3. The van der Waals surface area contributed by atoms with Crippen LogP contribution in [-0.2, 0) is 11.2 Å². The van der Waals surface area contributed by atoms with Crippen LogP contribution in [-0.4, -0.2) is 27.8 Å². The molecule has 0 saturated heterocycles. The highest BCUT2D eigenvalue weighted by Crippen LogP contribution is 2.19. The molecule has 0 atom stereocenters. The molecule has 2 amide bonds. The number of nitrogens with one attached hydrogen (secondary N) is 2. The number of carbonyl (C=O) groups excluding carboxylic acids is 2. The molecule has 134 valence electrons. The van der Waals surface area contributed by atoms with E-state index in [0.29, 0.717) is 18.4 Å². The van der Waals surface area contributed by atoms with Gasteiger partial charge in [0.2, 0.25) is 5.91 Å². The normalized spacial score (nSPS) is 10.9. The molecule has 0 aliphatic heterocycles. The molecule has 0 spiro atoms. The van der Waals surface area contributed by atoms with Gasteiger partial charge in [-0.25, -0.2) is 0 Å². The van der Waals surface area contributed by atoms with Crippen molar-refractivity contribution < 1.29 is 9.59 Å². The molecule has 0 saturated carbocycles. The fraction of sp³-hybridized carbons (Fsp3) is 0.238. The van der Waals surface area contributed by atoms with Gasteiger partial charge in [0.1, 0.15) is 0 Å². The van der Waals surface area contributed by atoms with Crippen LogP contribution in [0.2, 0.25) is 0 Å². The molecular weight excluding hydrogens is 326 g/mol. The number of fused-ring (bicyclic) bond motifs is 1. The van der Waals surface area contributed by atoms with Gasteiger partial charge in [0, 0.05) is 35.1 Å². The molecule has 2 aromatic carbocycles. The van der Waals surface area contributed by atoms with E-state index in [1.165, 1.54) is 5.01 Å². The first-order chi connectivity index (χ1) is 12.6. The van der Waals surface area contributed by atoms with Gasteiger partial charge < -0.3 is 4.98 Å². The van der Waals surface area contributed by atoms with Crippen molar-refractivity contribution in [3.05, 3.63) is 71.9 Å². The number of benzene rings is 2. The highest BCUT2D eigenvalue weighted by molar-refractivity contribution is 5.95. The van der Waals surface area contributed by atoms with Gasteiger partial charge in [-0.05, 0) is 44.0 Å². The molecule has 0 unspecified atom stereocenters. The molecule has 1 heterocycles. The number of rotatable bonds is 5. The van der Waals surface area contributed by atoms with Crippen molar-refractivity contribution in [1.82, 2.24) is 15.4 Å². The van der Waals surface area contributed by atoms with Gasteiger partial charge in [-0.3, -0.25) is 20.0 Å². The molecule has 0 radical (unpaired) electrons. The van der Waals surface area contributed by atoms with E-state index in [2.05, 4.69) is 10.4 Å². The second-order valence-electron chi connectivity index (χ2n) is 6.52. The summed E-state index contributed by atoms with van der Waals surface area (Å²) in [6, 6.07) is 16.8. The number of amides is 2. The molecule has 2 N–H and O–H groups in total. The summed E-state index contributed by atoms with van der Waals surface area (Å²) in [7, 11) is 0. The average molecular weight is 349 g/mol. The zero-order valence-corrected chi connectivity index (χ0v) is 15.0. The summed E-state index contributed by atoms with van der Waals surface area (Å²) >= 11 is 0. The number of aromatic amines is 1. The number of aromatic nitrogens is 1. The highest BCUT2D eigenvalue weighted by Gasteiger charge is 2.20. The molecule has 0 aliphatic rings. The summed E-state index contributed by atoms with van der Waals surface area (Å²) in [5.41, 5.74) is 5.43. The molecule has 3 aromatic rings. The molecule has 0 fully saturated rings. The summed E-state index contributed by atoms with van der Waals surface area (Å²) in [6.07, 6.45) is 2.89. The lowest BCUT2D eigenvalue weighted by atomic mass is 10.1. The lowest BCUT2D eigenvalue weighted by molar-refractivity contribution is -0.135.